The Balaban J connectivity index is 1.38. The van der Waals surface area contributed by atoms with E-state index >= 15 is 0 Å². The lowest BCUT2D eigenvalue weighted by Gasteiger charge is -2.17. The maximum absolute atomic E-state index is 13.0. The van der Waals surface area contributed by atoms with E-state index in [1.807, 2.05) is 54.6 Å². The number of H-pyrrole nitrogens is 2. The summed E-state index contributed by atoms with van der Waals surface area (Å²) >= 11 is 0. The summed E-state index contributed by atoms with van der Waals surface area (Å²) in [6.07, 6.45) is 0.634. The highest BCUT2D eigenvalue weighted by Gasteiger charge is 2.19. The summed E-state index contributed by atoms with van der Waals surface area (Å²) in [5.41, 5.74) is 2.33. The Hall–Kier alpha value is -4.46. The van der Waals surface area contributed by atoms with Gasteiger partial charge in [0.25, 0.3) is 5.56 Å². The molecule has 0 aliphatic carbocycles. The lowest BCUT2D eigenvalue weighted by molar-refractivity contribution is -0.122. The Kier molecular flexibility index (Phi) is 5.78. The monoisotopic (exact) mass is 453 g/mol. The number of aromatic amines is 2. The van der Waals surface area contributed by atoms with Gasteiger partial charge in [0, 0.05) is 13.0 Å². The van der Waals surface area contributed by atoms with Gasteiger partial charge in [0.1, 0.15) is 5.82 Å². The summed E-state index contributed by atoms with van der Waals surface area (Å²) < 4.78 is 1.42. The molecule has 1 unspecified atom stereocenters. The topological polar surface area (TPSA) is 113 Å². The molecule has 2 heterocycles. The number of carbonyl (C=O) groups is 1. The molecule has 34 heavy (non-hydrogen) atoms. The van der Waals surface area contributed by atoms with Crippen molar-refractivity contribution in [1.82, 2.24) is 24.8 Å². The number of hydrogen-bond acceptors (Lipinski definition) is 4. The van der Waals surface area contributed by atoms with E-state index < -0.39 is 11.2 Å². The third kappa shape index (κ3) is 4.38. The van der Waals surface area contributed by atoms with Crippen molar-refractivity contribution in [3.63, 3.8) is 0 Å². The molecular formula is C26H23N5O3. The fraction of sp³-hybridized carbons (Fsp3) is 0.154. The normalized spacial score (nSPS) is 12.1. The van der Waals surface area contributed by atoms with Gasteiger partial charge in [-0.3, -0.25) is 19.1 Å². The highest BCUT2D eigenvalue weighted by Crippen LogP contribution is 2.20. The molecule has 0 fully saturated rings. The van der Waals surface area contributed by atoms with Crippen LogP contribution in [0.3, 0.4) is 0 Å². The predicted octanol–water partition coefficient (Wildman–Crippen LogP) is 3.06. The van der Waals surface area contributed by atoms with E-state index in [1.165, 1.54) is 4.57 Å². The molecule has 0 radical (unpaired) electrons. The number of rotatable bonds is 7. The molecule has 5 aromatic rings. The first-order chi connectivity index (χ1) is 16.6. The molecule has 2 aromatic heterocycles. The van der Waals surface area contributed by atoms with Gasteiger partial charge in [0.15, 0.2) is 0 Å². The highest BCUT2D eigenvalue weighted by atomic mass is 16.2. The van der Waals surface area contributed by atoms with Gasteiger partial charge in [0.2, 0.25) is 5.91 Å². The molecule has 8 heteroatoms. The first kappa shape index (κ1) is 21.4. The van der Waals surface area contributed by atoms with Crippen LogP contribution in [0.25, 0.3) is 21.9 Å². The molecule has 0 aliphatic heterocycles. The first-order valence-electron chi connectivity index (χ1n) is 11.1. The maximum atomic E-state index is 13.0. The number of aryl methyl sites for hydroxylation is 1. The molecule has 3 N–H and O–H groups in total. The largest absolute Gasteiger partial charge is 0.346 e. The Labute approximate surface area is 194 Å². The zero-order chi connectivity index (χ0) is 23.5. The minimum absolute atomic E-state index is 0.0709. The fourth-order valence-electron chi connectivity index (χ4n) is 4.15. The Morgan fingerprint density at radius 1 is 0.912 bits per heavy atom. The van der Waals surface area contributed by atoms with E-state index in [0.29, 0.717) is 23.1 Å². The van der Waals surface area contributed by atoms with Crippen molar-refractivity contribution >= 4 is 27.8 Å². The van der Waals surface area contributed by atoms with Crippen molar-refractivity contribution < 1.29 is 4.79 Å². The minimum atomic E-state index is -0.533. The molecule has 3 aromatic carbocycles. The molecule has 0 saturated heterocycles. The van der Waals surface area contributed by atoms with Crippen LogP contribution in [0.4, 0.5) is 0 Å². The third-order valence-corrected chi connectivity index (χ3v) is 5.82. The van der Waals surface area contributed by atoms with Crippen LogP contribution in [0, 0.1) is 0 Å². The second-order valence-corrected chi connectivity index (χ2v) is 8.13. The highest BCUT2D eigenvalue weighted by molar-refractivity contribution is 5.79. The number of hydrogen-bond donors (Lipinski definition) is 3. The van der Waals surface area contributed by atoms with Gasteiger partial charge >= 0.3 is 5.69 Å². The number of fused-ring (bicyclic) bond motifs is 2. The van der Waals surface area contributed by atoms with Gasteiger partial charge < -0.3 is 10.3 Å². The van der Waals surface area contributed by atoms with Crippen LogP contribution in [-0.2, 0) is 17.8 Å². The number of carbonyl (C=O) groups excluding carboxylic acids is 1. The van der Waals surface area contributed by atoms with E-state index in [0.717, 1.165) is 16.6 Å². The summed E-state index contributed by atoms with van der Waals surface area (Å²) in [6.45, 7) is 0.139. The molecule has 0 spiro atoms. The summed E-state index contributed by atoms with van der Waals surface area (Å²) in [5, 5.41) is 3.48. The van der Waals surface area contributed by atoms with Gasteiger partial charge in [-0.2, -0.15) is 0 Å². The van der Waals surface area contributed by atoms with Crippen LogP contribution in [0.15, 0.2) is 88.5 Å². The SMILES string of the molecule is O=C(CCn1c(=O)[nH]c(=O)c2ccccc21)NC(Cc1ccccc1)c1nc2ccccc2[nH]1. The van der Waals surface area contributed by atoms with E-state index in [2.05, 4.69) is 20.3 Å². The summed E-state index contributed by atoms with van der Waals surface area (Å²) in [7, 11) is 0. The van der Waals surface area contributed by atoms with Gasteiger partial charge in [0.05, 0.1) is 28.0 Å². The van der Waals surface area contributed by atoms with Crippen molar-refractivity contribution in [1.29, 1.82) is 0 Å². The smallest absolute Gasteiger partial charge is 0.328 e. The van der Waals surface area contributed by atoms with Crippen LogP contribution in [0.2, 0.25) is 0 Å². The lowest BCUT2D eigenvalue weighted by atomic mass is 10.1. The summed E-state index contributed by atoms with van der Waals surface area (Å²) in [5.74, 6) is 0.452. The quantitative estimate of drug-likeness (QED) is 0.352. The third-order valence-electron chi connectivity index (χ3n) is 5.82. The molecule has 1 atom stereocenters. The Morgan fingerprint density at radius 3 is 2.47 bits per heavy atom. The molecule has 1 amide bonds. The number of amides is 1. The van der Waals surface area contributed by atoms with Crippen LogP contribution in [0.5, 0.6) is 0 Å². The molecule has 0 saturated carbocycles. The molecule has 8 nitrogen and oxygen atoms in total. The van der Waals surface area contributed by atoms with E-state index in [1.54, 1.807) is 24.3 Å². The molecule has 0 aliphatic rings. The van der Waals surface area contributed by atoms with Gasteiger partial charge in [-0.1, -0.05) is 54.6 Å². The average molecular weight is 454 g/mol. The van der Waals surface area contributed by atoms with Gasteiger partial charge in [-0.25, -0.2) is 9.78 Å². The van der Waals surface area contributed by atoms with Crippen LogP contribution in [-0.4, -0.2) is 25.4 Å². The van der Waals surface area contributed by atoms with Crippen molar-refractivity contribution in [3.8, 4) is 0 Å². The molecule has 170 valence electrons. The van der Waals surface area contributed by atoms with E-state index in [4.69, 9.17) is 0 Å². The van der Waals surface area contributed by atoms with Crippen molar-refractivity contribution in [2.24, 2.45) is 0 Å². The Bertz CT molecular complexity index is 1550. The number of nitrogens with one attached hydrogen (secondary N) is 3. The second-order valence-electron chi connectivity index (χ2n) is 8.13. The van der Waals surface area contributed by atoms with Gasteiger partial charge in [-0.15, -0.1) is 0 Å². The minimum Gasteiger partial charge on any atom is -0.346 e. The Morgan fingerprint density at radius 2 is 1.65 bits per heavy atom. The van der Waals surface area contributed by atoms with Crippen LogP contribution < -0.4 is 16.6 Å². The molecule has 5 rings (SSSR count). The lowest BCUT2D eigenvalue weighted by Crippen LogP contribution is -2.34. The number of imidazole rings is 1. The molecular weight excluding hydrogens is 430 g/mol. The zero-order valence-electron chi connectivity index (χ0n) is 18.3. The fourth-order valence-corrected chi connectivity index (χ4v) is 4.15. The van der Waals surface area contributed by atoms with Crippen molar-refractivity contribution in [3.05, 3.63) is 111 Å². The maximum Gasteiger partial charge on any atom is 0.328 e. The van der Waals surface area contributed by atoms with Crippen LogP contribution in [0.1, 0.15) is 23.9 Å². The summed E-state index contributed by atoms with van der Waals surface area (Å²) in [6, 6.07) is 24.1. The number of para-hydroxylation sites is 3. The molecule has 0 bridgehead atoms. The summed E-state index contributed by atoms with van der Waals surface area (Å²) in [4.78, 5) is 47.8. The number of benzene rings is 3. The number of nitrogens with zero attached hydrogens (tertiary/aromatic N) is 2. The van der Waals surface area contributed by atoms with Gasteiger partial charge in [-0.05, 0) is 36.2 Å². The first-order valence-corrected chi connectivity index (χ1v) is 11.1. The second kappa shape index (κ2) is 9.19. The standard InChI is InChI=1S/C26H23N5O3/c32-23(14-15-31-22-13-7-4-10-18(22)25(33)30-26(31)34)27-21(16-17-8-2-1-3-9-17)24-28-19-11-5-6-12-20(19)29-24/h1-13,21H,14-16H2,(H,27,32)(H,28,29)(H,30,33,34). The van der Waals surface area contributed by atoms with Crippen molar-refractivity contribution in [2.75, 3.05) is 0 Å². The average Bonchev–Trinajstić information content (AvgIpc) is 3.29. The zero-order valence-corrected chi connectivity index (χ0v) is 18.3. The van der Waals surface area contributed by atoms with Crippen molar-refractivity contribution in [2.45, 2.75) is 25.4 Å². The van der Waals surface area contributed by atoms with Crippen LogP contribution >= 0.6 is 0 Å². The predicted molar refractivity (Wildman–Crippen MR) is 131 cm³/mol. The van der Waals surface area contributed by atoms with E-state index in [-0.39, 0.29) is 24.9 Å². The van der Waals surface area contributed by atoms with E-state index in [9.17, 15) is 14.4 Å². The number of aromatic nitrogens is 4.